The number of nitro groups is 2. The van der Waals surface area contributed by atoms with Crippen LogP contribution in [-0.2, 0) is 10.1 Å². The summed E-state index contributed by atoms with van der Waals surface area (Å²) in [4.78, 5) is 32.1. The Bertz CT molecular complexity index is 1380. The van der Waals surface area contributed by atoms with Gasteiger partial charge >= 0.3 is 0 Å². The van der Waals surface area contributed by atoms with Crippen molar-refractivity contribution in [2.75, 3.05) is 17.2 Å². The van der Waals surface area contributed by atoms with Crippen molar-refractivity contribution >= 4 is 50.4 Å². The molecule has 0 unspecified atom stereocenters. The maximum Gasteiger partial charge on any atom is 0.296 e. The van der Waals surface area contributed by atoms with E-state index < -0.39 is 41.3 Å². The maximum absolute atomic E-state index is 12.5. The van der Waals surface area contributed by atoms with Crippen molar-refractivity contribution < 1.29 is 27.6 Å². The molecule has 1 amide bonds. The molecule has 3 aromatic carbocycles. The van der Waals surface area contributed by atoms with Crippen LogP contribution in [0.4, 0.5) is 22.7 Å². The molecular formula is C22H21ClN4O8S. The average Bonchev–Trinajstić information content (AvgIpc) is 2.81. The zero-order valence-corrected chi connectivity index (χ0v) is 20.6. The number of rotatable bonds is 6. The Hall–Kier alpha value is -4.07. The summed E-state index contributed by atoms with van der Waals surface area (Å²) in [5.41, 5.74) is 7.15. The maximum atomic E-state index is 12.5. The Morgan fingerprint density at radius 1 is 1.03 bits per heavy atom. The Morgan fingerprint density at radius 2 is 1.56 bits per heavy atom. The van der Waals surface area contributed by atoms with Crippen molar-refractivity contribution in [3.8, 4) is 0 Å². The molecule has 0 aromatic heterocycles. The standard InChI is InChI=1S/C16H18N2O.C6H3ClN2O7S/c1-3-18(14-9-10-15(17)12(2)11-14)16(19)13-7-5-4-6-8-13;7-6-4(8(10)11)1-3(17(14,15)16)2-5(6)9(12)13/h4-11H,3,17H2,1-2H3;1-2H,(H,14,15,16). The van der Waals surface area contributed by atoms with E-state index in [0.717, 1.165) is 16.9 Å². The Labute approximate surface area is 211 Å². The fourth-order valence-corrected chi connectivity index (χ4v) is 3.76. The second kappa shape index (κ2) is 11.6. The van der Waals surface area contributed by atoms with Gasteiger partial charge in [0.15, 0.2) is 5.02 Å². The summed E-state index contributed by atoms with van der Waals surface area (Å²) >= 11 is 5.36. The van der Waals surface area contributed by atoms with Gasteiger partial charge in [0.2, 0.25) is 0 Å². The van der Waals surface area contributed by atoms with Crippen LogP contribution >= 0.6 is 11.6 Å². The number of hydrogen-bond acceptors (Lipinski definition) is 8. The fourth-order valence-electron chi connectivity index (χ4n) is 2.99. The molecule has 0 fully saturated rings. The van der Waals surface area contributed by atoms with Crippen LogP contribution < -0.4 is 10.6 Å². The first-order valence-electron chi connectivity index (χ1n) is 10.1. The van der Waals surface area contributed by atoms with Crippen molar-refractivity contribution in [3.05, 3.63) is 97.0 Å². The third-order valence-electron chi connectivity index (χ3n) is 4.85. The number of anilines is 2. The highest BCUT2D eigenvalue weighted by molar-refractivity contribution is 7.85. The number of amides is 1. The summed E-state index contributed by atoms with van der Waals surface area (Å²) < 4.78 is 30.2. The molecule has 0 heterocycles. The van der Waals surface area contributed by atoms with Crippen LogP contribution in [0, 0.1) is 27.2 Å². The van der Waals surface area contributed by atoms with Gasteiger partial charge in [-0.3, -0.25) is 29.6 Å². The smallest absolute Gasteiger partial charge is 0.296 e. The van der Waals surface area contributed by atoms with Crippen molar-refractivity contribution in [1.82, 2.24) is 0 Å². The largest absolute Gasteiger partial charge is 0.399 e. The average molecular weight is 537 g/mol. The quantitative estimate of drug-likeness (QED) is 0.195. The molecular weight excluding hydrogens is 516 g/mol. The van der Waals surface area contributed by atoms with Gasteiger partial charge in [-0.1, -0.05) is 29.8 Å². The lowest BCUT2D eigenvalue weighted by atomic mass is 10.1. The number of benzene rings is 3. The minimum Gasteiger partial charge on any atom is -0.399 e. The van der Waals surface area contributed by atoms with Gasteiger partial charge in [-0.05, 0) is 49.7 Å². The van der Waals surface area contributed by atoms with Gasteiger partial charge in [0, 0.05) is 35.6 Å². The van der Waals surface area contributed by atoms with Gasteiger partial charge in [-0.15, -0.1) is 0 Å². The topological polar surface area (TPSA) is 187 Å². The van der Waals surface area contributed by atoms with Crippen molar-refractivity contribution in [2.24, 2.45) is 0 Å². The lowest BCUT2D eigenvalue weighted by Crippen LogP contribution is -2.30. The molecule has 36 heavy (non-hydrogen) atoms. The lowest BCUT2D eigenvalue weighted by molar-refractivity contribution is -0.394. The van der Waals surface area contributed by atoms with Crippen molar-refractivity contribution in [1.29, 1.82) is 0 Å². The number of nitrogen functional groups attached to an aromatic ring is 1. The monoisotopic (exact) mass is 536 g/mol. The highest BCUT2D eigenvalue weighted by Gasteiger charge is 2.28. The molecule has 0 saturated carbocycles. The number of nitrogens with zero attached hydrogens (tertiary/aromatic N) is 3. The zero-order chi connectivity index (χ0) is 27.2. The first kappa shape index (κ1) is 28.2. The molecule has 3 rings (SSSR count). The summed E-state index contributed by atoms with van der Waals surface area (Å²) in [5.74, 6) is 0.00673. The summed E-state index contributed by atoms with van der Waals surface area (Å²) in [7, 11) is -4.80. The minimum atomic E-state index is -4.80. The highest BCUT2D eigenvalue weighted by atomic mass is 35.5. The third-order valence-corrected chi connectivity index (χ3v) is 6.06. The van der Waals surface area contributed by atoms with Crippen molar-refractivity contribution in [3.63, 3.8) is 0 Å². The summed E-state index contributed by atoms with van der Waals surface area (Å²) in [6, 6.07) is 15.8. The molecule has 0 aliphatic heterocycles. The first-order valence-corrected chi connectivity index (χ1v) is 11.9. The van der Waals surface area contributed by atoms with E-state index in [1.54, 1.807) is 4.90 Å². The van der Waals surface area contributed by atoms with E-state index in [9.17, 15) is 33.4 Å². The normalized spacial score (nSPS) is 10.7. The molecule has 0 atom stereocenters. The minimum absolute atomic E-state index is 0.00673. The third kappa shape index (κ3) is 6.75. The first-order chi connectivity index (χ1) is 16.8. The van der Waals surface area contributed by atoms with Crippen LogP contribution in [-0.4, -0.2) is 35.3 Å². The van der Waals surface area contributed by atoms with Crippen LogP contribution in [0.25, 0.3) is 0 Å². The number of halogens is 1. The number of carbonyl (C=O) groups excluding carboxylic acids is 1. The van der Waals surface area contributed by atoms with Gasteiger partial charge in [0.1, 0.15) is 4.90 Å². The van der Waals surface area contributed by atoms with E-state index in [1.807, 2.05) is 62.4 Å². The molecule has 0 radical (unpaired) electrons. The number of nitro benzene ring substituents is 2. The molecule has 3 N–H and O–H groups in total. The Balaban J connectivity index is 0.000000255. The Morgan fingerprint density at radius 3 is 1.97 bits per heavy atom. The van der Waals surface area contributed by atoms with Gasteiger partial charge in [-0.2, -0.15) is 8.42 Å². The predicted octanol–water partition coefficient (Wildman–Crippen LogP) is 4.65. The van der Waals surface area contributed by atoms with Gasteiger partial charge in [0.25, 0.3) is 27.4 Å². The molecule has 3 aromatic rings. The van der Waals surface area contributed by atoms with Gasteiger partial charge < -0.3 is 10.6 Å². The van der Waals surface area contributed by atoms with E-state index in [4.69, 9.17) is 21.9 Å². The van der Waals surface area contributed by atoms with Crippen molar-refractivity contribution in [2.45, 2.75) is 18.7 Å². The number of nitrogens with two attached hydrogens (primary N) is 1. The van der Waals surface area contributed by atoms with Crippen LogP contribution in [0.3, 0.4) is 0 Å². The molecule has 14 heteroatoms. The Kier molecular flexibility index (Phi) is 9.06. The molecule has 0 spiro atoms. The zero-order valence-electron chi connectivity index (χ0n) is 19.0. The molecule has 0 aliphatic rings. The van der Waals surface area contributed by atoms with Crippen LogP contribution in [0.1, 0.15) is 22.8 Å². The summed E-state index contributed by atoms with van der Waals surface area (Å²) in [6.07, 6.45) is 0. The van der Waals surface area contributed by atoms with E-state index >= 15 is 0 Å². The van der Waals surface area contributed by atoms with E-state index in [-0.39, 0.29) is 5.91 Å². The van der Waals surface area contributed by atoms with Gasteiger partial charge in [-0.25, -0.2) is 0 Å². The second-order valence-electron chi connectivity index (χ2n) is 7.22. The summed E-state index contributed by atoms with van der Waals surface area (Å²) in [5, 5.41) is 20.2. The van der Waals surface area contributed by atoms with E-state index in [2.05, 4.69) is 0 Å². The van der Waals surface area contributed by atoms with Crippen LogP contribution in [0.2, 0.25) is 5.02 Å². The van der Waals surface area contributed by atoms with E-state index in [1.165, 1.54) is 0 Å². The lowest BCUT2D eigenvalue weighted by Gasteiger charge is -2.22. The molecule has 12 nitrogen and oxygen atoms in total. The number of hydrogen-bond donors (Lipinski definition) is 2. The summed E-state index contributed by atoms with van der Waals surface area (Å²) in [6.45, 7) is 4.53. The van der Waals surface area contributed by atoms with Crippen LogP contribution in [0.5, 0.6) is 0 Å². The fraction of sp³-hybridized carbons (Fsp3) is 0.136. The number of aryl methyl sites for hydroxylation is 1. The second-order valence-corrected chi connectivity index (χ2v) is 9.02. The molecule has 190 valence electrons. The van der Waals surface area contributed by atoms with E-state index in [0.29, 0.717) is 24.2 Å². The molecule has 0 saturated heterocycles. The molecule has 0 aliphatic carbocycles. The predicted molar refractivity (Wildman–Crippen MR) is 134 cm³/mol. The molecule has 0 bridgehead atoms. The number of carbonyl (C=O) groups is 1. The van der Waals surface area contributed by atoms with Crippen LogP contribution in [0.15, 0.2) is 65.6 Å². The highest BCUT2D eigenvalue weighted by Crippen LogP contribution is 2.36. The van der Waals surface area contributed by atoms with Gasteiger partial charge in [0.05, 0.1) is 9.85 Å². The SMILES string of the molecule is CCN(C(=O)c1ccccc1)c1ccc(N)c(C)c1.O=[N+]([O-])c1cc(S(=O)(=O)O)cc([N+](=O)[O-])c1Cl.